The summed E-state index contributed by atoms with van der Waals surface area (Å²) in [5.74, 6) is 1.65. The van der Waals surface area contributed by atoms with Gasteiger partial charge in [-0.05, 0) is 44.1 Å². The highest BCUT2D eigenvalue weighted by atomic mass is 35.5. The van der Waals surface area contributed by atoms with Gasteiger partial charge in [0, 0.05) is 53.1 Å². The molecule has 3 saturated heterocycles. The number of primary amides is 1. The molecule has 3 fully saturated rings. The zero-order chi connectivity index (χ0) is 23.4. The maximum absolute atomic E-state index is 11.6. The van der Waals surface area contributed by atoms with Gasteiger partial charge in [-0.3, -0.25) is 4.79 Å². The third-order valence-corrected chi connectivity index (χ3v) is 8.78. The molecular weight excluding hydrogens is 470 g/mol. The number of thiophene rings is 1. The maximum atomic E-state index is 11.6. The molecule has 0 saturated carbocycles. The highest BCUT2D eigenvalue weighted by molar-refractivity contribution is 7.17. The largest absolute Gasteiger partial charge is 0.393 e. The number of amides is 1. The Morgan fingerprint density at radius 2 is 1.91 bits per heavy atom. The van der Waals surface area contributed by atoms with E-state index in [1.807, 2.05) is 24.3 Å². The van der Waals surface area contributed by atoms with E-state index in [0.717, 1.165) is 78.3 Å². The van der Waals surface area contributed by atoms with E-state index >= 15 is 0 Å². The molecule has 0 spiro atoms. The van der Waals surface area contributed by atoms with Crippen LogP contribution in [0.25, 0.3) is 21.3 Å². The number of nitrogens with zero attached hydrogens (tertiary/aromatic N) is 4. The lowest BCUT2D eigenvalue weighted by molar-refractivity contribution is -0.118. The van der Waals surface area contributed by atoms with Crippen molar-refractivity contribution in [2.24, 2.45) is 11.7 Å². The molecule has 34 heavy (non-hydrogen) atoms. The van der Waals surface area contributed by atoms with Gasteiger partial charge in [0.1, 0.15) is 10.6 Å². The molecule has 178 valence electrons. The Bertz CT molecular complexity index is 1240. The number of aliphatic hydroxyl groups excluding tert-OH is 1. The van der Waals surface area contributed by atoms with Crippen molar-refractivity contribution in [3.05, 3.63) is 34.7 Å². The van der Waals surface area contributed by atoms with E-state index in [1.54, 1.807) is 11.3 Å². The number of aliphatic hydroxyl groups is 1. The number of hydrogen-bond acceptors (Lipinski definition) is 7. The number of carbonyl (C=O) groups excluding carboxylic acids is 1. The summed E-state index contributed by atoms with van der Waals surface area (Å²) in [5.41, 5.74) is 7.51. The summed E-state index contributed by atoms with van der Waals surface area (Å²) in [4.78, 5) is 27.4. The molecule has 2 bridgehead atoms. The minimum atomic E-state index is -0.254. The average Bonchev–Trinajstić information content (AvgIpc) is 3.50. The molecule has 3 atom stereocenters. The van der Waals surface area contributed by atoms with Crippen LogP contribution in [0.1, 0.15) is 38.5 Å². The van der Waals surface area contributed by atoms with Crippen molar-refractivity contribution in [2.45, 2.75) is 56.7 Å². The summed E-state index contributed by atoms with van der Waals surface area (Å²) < 4.78 is 0. The lowest BCUT2D eigenvalue weighted by Crippen LogP contribution is -2.45. The number of aromatic nitrogens is 2. The topological polar surface area (TPSA) is 95.6 Å². The predicted molar refractivity (Wildman–Crippen MR) is 137 cm³/mol. The lowest BCUT2D eigenvalue weighted by atomic mass is 10.0. The maximum Gasteiger partial charge on any atom is 0.229 e. The number of fused-ring (bicyclic) bond motifs is 3. The fourth-order valence-electron chi connectivity index (χ4n) is 6.09. The number of anilines is 2. The van der Waals surface area contributed by atoms with E-state index in [4.69, 9.17) is 27.3 Å². The molecule has 3 aromatic rings. The molecule has 9 heteroatoms. The monoisotopic (exact) mass is 497 g/mol. The van der Waals surface area contributed by atoms with Gasteiger partial charge in [0.2, 0.25) is 11.9 Å². The summed E-state index contributed by atoms with van der Waals surface area (Å²) in [6, 6.07) is 8.44. The van der Waals surface area contributed by atoms with Crippen LogP contribution in [0.4, 0.5) is 11.8 Å². The summed E-state index contributed by atoms with van der Waals surface area (Å²) in [5, 5.41) is 14.1. The van der Waals surface area contributed by atoms with Crippen molar-refractivity contribution in [3.8, 4) is 11.1 Å². The van der Waals surface area contributed by atoms with Gasteiger partial charge >= 0.3 is 0 Å². The van der Waals surface area contributed by atoms with E-state index in [2.05, 4.69) is 15.2 Å². The Hall–Kier alpha value is -2.42. The number of piperidine rings is 1. The van der Waals surface area contributed by atoms with Gasteiger partial charge in [0.05, 0.1) is 11.5 Å². The number of hydrogen-bond donors (Lipinski definition) is 2. The van der Waals surface area contributed by atoms with Crippen molar-refractivity contribution < 1.29 is 9.90 Å². The van der Waals surface area contributed by atoms with Crippen LogP contribution in [0, 0.1) is 5.92 Å². The van der Waals surface area contributed by atoms with Gasteiger partial charge in [0.25, 0.3) is 0 Å². The Morgan fingerprint density at radius 3 is 2.65 bits per heavy atom. The van der Waals surface area contributed by atoms with Crippen LogP contribution in [0.15, 0.2) is 29.6 Å². The van der Waals surface area contributed by atoms with Crippen LogP contribution in [0.2, 0.25) is 5.02 Å². The van der Waals surface area contributed by atoms with E-state index in [1.165, 1.54) is 0 Å². The van der Waals surface area contributed by atoms with Crippen LogP contribution in [0.3, 0.4) is 0 Å². The molecule has 1 aromatic carbocycles. The van der Waals surface area contributed by atoms with Crippen molar-refractivity contribution >= 4 is 50.8 Å². The van der Waals surface area contributed by atoms with Gasteiger partial charge < -0.3 is 20.6 Å². The quantitative estimate of drug-likeness (QED) is 0.548. The Balaban J connectivity index is 1.47. The molecule has 0 aliphatic carbocycles. The first-order chi connectivity index (χ1) is 16.5. The van der Waals surface area contributed by atoms with Gasteiger partial charge in [-0.2, -0.15) is 4.98 Å². The van der Waals surface area contributed by atoms with Crippen LogP contribution in [-0.2, 0) is 4.79 Å². The molecule has 1 amide bonds. The summed E-state index contributed by atoms with van der Waals surface area (Å²) in [6.45, 7) is 1.57. The number of rotatable bonds is 5. The second kappa shape index (κ2) is 8.66. The van der Waals surface area contributed by atoms with Crippen molar-refractivity contribution in [1.29, 1.82) is 0 Å². The molecular formula is C25H28ClN5O2S. The summed E-state index contributed by atoms with van der Waals surface area (Å²) in [7, 11) is 0. The molecule has 3 unspecified atom stereocenters. The fraction of sp³-hybridized carbons (Fsp3) is 0.480. The molecule has 3 aliphatic heterocycles. The molecule has 6 rings (SSSR count). The number of halogens is 1. The molecule has 2 aromatic heterocycles. The lowest BCUT2D eigenvalue weighted by Gasteiger charge is -2.37. The minimum Gasteiger partial charge on any atom is -0.393 e. The van der Waals surface area contributed by atoms with E-state index in [-0.39, 0.29) is 30.0 Å². The highest BCUT2D eigenvalue weighted by Crippen LogP contribution is 2.45. The van der Waals surface area contributed by atoms with Crippen LogP contribution in [-0.4, -0.2) is 52.3 Å². The number of nitrogens with two attached hydrogens (primary N) is 1. The van der Waals surface area contributed by atoms with Gasteiger partial charge in [-0.1, -0.05) is 29.8 Å². The van der Waals surface area contributed by atoms with Gasteiger partial charge in [-0.15, -0.1) is 11.3 Å². The highest BCUT2D eigenvalue weighted by Gasteiger charge is 2.42. The average molecular weight is 498 g/mol. The van der Waals surface area contributed by atoms with Crippen LogP contribution in [0.5, 0.6) is 0 Å². The van der Waals surface area contributed by atoms with Crippen molar-refractivity contribution in [1.82, 2.24) is 9.97 Å². The van der Waals surface area contributed by atoms with Gasteiger partial charge in [0.15, 0.2) is 0 Å². The SMILES string of the molecule is NC(=O)CC1CCN(c2nc(N3C4CCC3CC(O)C4)nc3scc(-c4ccccc4Cl)c23)C1. The molecule has 0 radical (unpaired) electrons. The fourth-order valence-corrected chi connectivity index (χ4v) is 7.25. The Kier molecular flexibility index (Phi) is 5.62. The Labute approximate surface area is 207 Å². The molecule has 3 aliphatic rings. The van der Waals surface area contributed by atoms with Crippen LogP contribution < -0.4 is 15.5 Å². The normalized spacial score (nSPS) is 26.5. The third-order valence-electron chi connectivity index (χ3n) is 7.58. The van der Waals surface area contributed by atoms with Crippen LogP contribution >= 0.6 is 22.9 Å². The second-order valence-electron chi connectivity index (χ2n) is 9.85. The molecule has 5 heterocycles. The first-order valence-electron chi connectivity index (χ1n) is 12.0. The zero-order valence-electron chi connectivity index (χ0n) is 18.9. The smallest absolute Gasteiger partial charge is 0.229 e. The summed E-state index contributed by atoms with van der Waals surface area (Å²) >= 11 is 8.21. The van der Waals surface area contributed by atoms with Crippen molar-refractivity contribution in [2.75, 3.05) is 22.9 Å². The zero-order valence-corrected chi connectivity index (χ0v) is 20.4. The molecule has 3 N–H and O–H groups in total. The van der Waals surface area contributed by atoms with Crippen molar-refractivity contribution in [3.63, 3.8) is 0 Å². The first-order valence-corrected chi connectivity index (χ1v) is 13.3. The van der Waals surface area contributed by atoms with E-state index in [0.29, 0.717) is 11.4 Å². The standard InChI is InChI=1S/C25H28ClN5O2S/c26-20-4-2-1-3-18(20)19-13-34-24-22(19)23(30-8-7-14(12-30)9-21(27)33)28-25(29-24)31-15-5-6-16(31)11-17(32)10-15/h1-4,13-17,32H,5-12H2,(H2,27,33). The van der Waals surface area contributed by atoms with E-state index < -0.39 is 0 Å². The third kappa shape index (κ3) is 3.82. The van der Waals surface area contributed by atoms with Gasteiger partial charge in [-0.25, -0.2) is 4.98 Å². The first kappa shape index (κ1) is 22.1. The summed E-state index contributed by atoms with van der Waals surface area (Å²) in [6.07, 6.45) is 4.75. The molecule has 7 nitrogen and oxygen atoms in total. The predicted octanol–water partition coefficient (Wildman–Crippen LogP) is 4.21. The number of benzene rings is 1. The number of carbonyl (C=O) groups is 1. The minimum absolute atomic E-state index is 0.231. The second-order valence-corrected chi connectivity index (χ2v) is 11.1. The van der Waals surface area contributed by atoms with E-state index in [9.17, 15) is 9.90 Å². The Morgan fingerprint density at radius 1 is 1.15 bits per heavy atom.